The van der Waals surface area contributed by atoms with Crippen molar-refractivity contribution in [1.82, 2.24) is 0 Å². The highest BCUT2D eigenvalue weighted by molar-refractivity contribution is 5.85. The van der Waals surface area contributed by atoms with Gasteiger partial charge in [-0.25, -0.2) is 0 Å². The van der Waals surface area contributed by atoms with Gasteiger partial charge in [0.1, 0.15) is 5.75 Å². The van der Waals surface area contributed by atoms with Crippen LogP contribution in [-0.4, -0.2) is 18.5 Å². The van der Waals surface area contributed by atoms with Crippen LogP contribution in [0.15, 0.2) is 59.6 Å². The zero-order valence-corrected chi connectivity index (χ0v) is 18.5. The van der Waals surface area contributed by atoms with Crippen LogP contribution in [-0.2, 0) is 10.2 Å². The van der Waals surface area contributed by atoms with E-state index in [4.69, 9.17) is 16.2 Å². The number of guanidine groups is 1. The SMILES string of the molecule is CC(C)(c1ccccc1)c1ccc(OC(=O)C2CCC(CN=C(N)N)CC2)cc1.Cl. The highest BCUT2D eigenvalue weighted by atomic mass is 35.5. The minimum absolute atomic E-state index is 0. The number of hydrogen-bond donors (Lipinski definition) is 2. The molecule has 0 radical (unpaired) electrons. The lowest BCUT2D eigenvalue weighted by molar-refractivity contribution is -0.140. The number of halogens is 1. The van der Waals surface area contributed by atoms with E-state index >= 15 is 0 Å². The summed E-state index contributed by atoms with van der Waals surface area (Å²) in [4.78, 5) is 16.6. The Morgan fingerprint density at radius 1 is 0.967 bits per heavy atom. The van der Waals surface area contributed by atoms with Gasteiger partial charge in [0.05, 0.1) is 5.92 Å². The van der Waals surface area contributed by atoms with Crippen molar-refractivity contribution in [2.24, 2.45) is 28.3 Å². The molecular weight excluding hydrogens is 398 g/mol. The fourth-order valence-electron chi connectivity index (χ4n) is 3.98. The van der Waals surface area contributed by atoms with E-state index in [1.54, 1.807) is 0 Å². The molecule has 6 heteroatoms. The van der Waals surface area contributed by atoms with Crippen LogP contribution in [0, 0.1) is 11.8 Å². The van der Waals surface area contributed by atoms with Gasteiger partial charge in [0, 0.05) is 12.0 Å². The molecule has 3 rings (SSSR count). The van der Waals surface area contributed by atoms with E-state index in [0.29, 0.717) is 18.2 Å². The first-order valence-electron chi connectivity index (χ1n) is 10.3. The molecule has 4 N–H and O–H groups in total. The molecule has 0 unspecified atom stereocenters. The molecule has 1 aliphatic carbocycles. The van der Waals surface area contributed by atoms with E-state index in [1.165, 1.54) is 11.1 Å². The summed E-state index contributed by atoms with van der Waals surface area (Å²) < 4.78 is 5.65. The fraction of sp³-hybridized carbons (Fsp3) is 0.417. The third-order valence-electron chi connectivity index (χ3n) is 6.00. The molecule has 0 bridgehead atoms. The summed E-state index contributed by atoms with van der Waals surface area (Å²) in [7, 11) is 0. The van der Waals surface area contributed by atoms with Crippen LogP contribution < -0.4 is 16.2 Å². The van der Waals surface area contributed by atoms with E-state index in [-0.39, 0.29) is 35.7 Å². The van der Waals surface area contributed by atoms with Gasteiger partial charge in [-0.1, -0.05) is 56.3 Å². The Morgan fingerprint density at radius 3 is 2.10 bits per heavy atom. The van der Waals surface area contributed by atoms with Crippen LogP contribution in [0.1, 0.15) is 50.7 Å². The van der Waals surface area contributed by atoms with Gasteiger partial charge in [0.25, 0.3) is 0 Å². The fourth-order valence-corrected chi connectivity index (χ4v) is 3.98. The van der Waals surface area contributed by atoms with Crippen molar-refractivity contribution >= 4 is 24.3 Å². The van der Waals surface area contributed by atoms with E-state index in [2.05, 4.69) is 43.1 Å². The summed E-state index contributed by atoms with van der Waals surface area (Å²) in [6.07, 6.45) is 3.53. The lowest BCUT2D eigenvalue weighted by Crippen LogP contribution is -2.28. The number of ether oxygens (including phenoxy) is 1. The quantitative estimate of drug-likeness (QED) is 0.308. The lowest BCUT2D eigenvalue weighted by Gasteiger charge is -2.27. The summed E-state index contributed by atoms with van der Waals surface area (Å²) in [5, 5.41) is 0. The van der Waals surface area contributed by atoms with Crippen molar-refractivity contribution in [3.63, 3.8) is 0 Å². The Balaban J connectivity index is 0.00000320. The van der Waals surface area contributed by atoms with Crippen molar-refractivity contribution < 1.29 is 9.53 Å². The minimum Gasteiger partial charge on any atom is -0.426 e. The lowest BCUT2D eigenvalue weighted by atomic mass is 9.78. The van der Waals surface area contributed by atoms with Crippen LogP contribution in [0.3, 0.4) is 0 Å². The summed E-state index contributed by atoms with van der Waals surface area (Å²) in [6.45, 7) is 5.04. The molecule has 0 heterocycles. The zero-order valence-electron chi connectivity index (χ0n) is 17.7. The van der Waals surface area contributed by atoms with E-state index in [9.17, 15) is 4.79 Å². The standard InChI is InChI=1S/C24H31N3O2.ClH/c1-24(2,19-6-4-3-5-7-19)20-12-14-21(15-13-20)29-22(28)18-10-8-17(9-11-18)16-27-23(25)26;/h3-7,12-15,17-18H,8-11,16H2,1-2H3,(H4,25,26,27);1H. The third kappa shape index (κ3) is 5.99. The molecule has 0 saturated heterocycles. The van der Waals surface area contributed by atoms with Gasteiger partial charge in [0.15, 0.2) is 5.96 Å². The monoisotopic (exact) mass is 429 g/mol. The molecule has 5 nitrogen and oxygen atoms in total. The Morgan fingerprint density at radius 2 is 1.53 bits per heavy atom. The average molecular weight is 430 g/mol. The first-order valence-corrected chi connectivity index (χ1v) is 10.3. The molecule has 0 aliphatic heterocycles. The molecule has 30 heavy (non-hydrogen) atoms. The summed E-state index contributed by atoms with van der Waals surface area (Å²) in [5.74, 6) is 0.988. The van der Waals surface area contributed by atoms with Gasteiger partial charge in [-0.2, -0.15) is 0 Å². The molecule has 0 atom stereocenters. The van der Waals surface area contributed by atoms with Crippen LogP contribution >= 0.6 is 12.4 Å². The van der Waals surface area contributed by atoms with Crippen molar-refractivity contribution in [2.45, 2.75) is 44.9 Å². The van der Waals surface area contributed by atoms with Crippen LogP contribution in [0.2, 0.25) is 0 Å². The van der Waals surface area contributed by atoms with Gasteiger partial charge >= 0.3 is 5.97 Å². The molecule has 0 spiro atoms. The third-order valence-corrected chi connectivity index (χ3v) is 6.00. The highest BCUT2D eigenvalue weighted by Crippen LogP contribution is 2.33. The average Bonchev–Trinajstić information content (AvgIpc) is 2.73. The van der Waals surface area contributed by atoms with Crippen molar-refractivity contribution in [3.8, 4) is 5.75 Å². The van der Waals surface area contributed by atoms with Gasteiger partial charge in [-0.3, -0.25) is 9.79 Å². The molecule has 2 aromatic rings. The van der Waals surface area contributed by atoms with Crippen LogP contribution in [0.5, 0.6) is 5.75 Å². The Hall–Kier alpha value is -2.53. The maximum Gasteiger partial charge on any atom is 0.314 e. The number of carbonyl (C=O) groups is 1. The Kier molecular flexibility index (Phi) is 8.30. The zero-order chi connectivity index (χ0) is 20.9. The maximum absolute atomic E-state index is 12.6. The van der Waals surface area contributed by atoms with Crippen molar-refractivity contribution in [2.75, 3.05) is 6.54 Å². The topological polar surface area (TPSA) is 90.7 Å². The minimum atomic E-state index is -0.139. The second-order valence-electron chi connectivity index (χ2n) is 8.42. The Labute approximate surface area is 185 Å². The highest BCUT2D eigenvalue weighted by Gasteiger charge is 2.28. The number of nitrogens with two attached hydrogens (primary N) is 2. The van der Waals surface area contributed by atoms with Gasteiger partial charge < -0.3 is 16.2 Å². The summed E-state index contributed by atoms with van der Waals surface area (Å²) in [5.41, 5.74) is 13.1. The number of benzene rings is 2. The Bertz CT molecular complexity index is 839. The summed E-state index contributed by atoms with van der Waals surface area (Å²) in [6, 6.07) is 18.3. The van der Waals surface area contributed by atoms with Crippen LogP contribution in [0.25, 0.3) is 0 Å². The molecule has 1 saturated carbocycles. The second kappa shape index (κ2) is 10.5. The van der Waals surface area contributed by atoms with Gasteiger partial charge in [0.2, 0.25) is 0 Å². The molecule has 2 aromatic carbocycles. The van der Waals surface area contributed by atoms with Gasteiger partial charge in [-0.15, -0.1) is 12.4 Å². The molecular formula is C24H32ClN3O2. The first kappa shape index (κ1) is 23.7. The molecule has 0 aromatic heterocycles. The van der Waals surface area contributed by atoms with Crippen molar-refractivity contribution in [3.05, 3.63) is 65.7 Å². The van der Waals surface area contributed by atoms with Crippen LogP contribution in [0.4, 0.5) is 0 Å². The predicted molar refractivity (Wildman–Crippen MR) is 124 cm³/mol. The number of nitrogens with zero attached hydrogens (tertiary/aromatic N) is 1. The smallest absolute Gasteiger partial charge is 0.314 e. The number of rotatable bonds is 6. The summed E-state index contributed by atoms with van der Waals surface area (Å²) >= 11 is 0. The normalized spacial score (nSPS) is 18.7. The molecule has 162 valence electrons. The molecule has 0 amide bonds. The molecule has 1 aliphatic rings. The second-order valence-corrected chi connectivity index (χ2v) is 8.42. The van der Waals surface area contributed by atoms with Crippen molar-refractivity contribution in [1.29, 1.82) is 0 Å². The van der Waals surface area contributed by atoms with E-state index in [1.807, 2.05) is 30.3 Å². The number of carbonyl (C=O) groups excluding carboxylic acids is 1. The number of esters is 1. The molecule has 1 fully saturated rings. The maximum atomic E-state index is 12.6. The largest absolute Gasteiger partial charge is 0.426 e. The first-order chi connectivity index (χ1) is 13.9. The van der Waals surface area contributed by atoms with E-state index < -0.39 is 0 Å². The van der Waals surface area contributed by atoms with Gasteiger partial charge in [-0.05, 0) is 54.9 Å². The number of hydrogen-bond acceptors (Lipinski definition) is 3. The predicted octanol–water partition coefficient (Wildman–Crippen LogP) is 4.42. The number of aliphatic imine (C=N–C) groups is 1. The van der Waals surface area contributed by atoms with E-state index in [0.717, 1.165) is 25.7 Å².